The van der Waals surface area contributed by atoms with Gasteiger partial charge in [0.2, 0.25) is 0 Å². The lowest BCUT2D eigenvalue weighted by molar-refractivity contribution is -0.304. The van der Waals surface area contributed by atoms with Crippen LogP contribution in [-0.4, -0.2) is 183 Å². The molecule has 4 aliphatic heterocycles. The number of ether oxygens (including phenoxy) is 10. The number of carbonyl (C=O) groups is 4. The molecule has 0 spiro atoms. The van der Waals surface area contributed by atoms with Gasteiger partial charge in [-0.05, 0) is 96.6 Å². The van der Waals surface area contributed by atoms with Crippen LogP contribution in [0.4, 0.5) is 4.79 Å². The topological polar surface area (TPSA) is 258 Å². The van der Waals surface area contributed by atoms with Crippen molar-refractivity contribution in [1.29, 1.82) is 0 Å². The van der Waals surface area contributed by atoms with Crippen LogP contribution in [0, 0.1) is 46.8 Å². The summed E-state index contributed by atoms with van der Waals surface area (Å²) in [6, 6.07) is 9.31. The number of hydrogen-bond donors (Lipinski definition) is 4. The SMILES string of the molecule is CON=C1C[C@@H](C)O[C@@H](O[C@@H]2[C@@H](C)[C@H](O[C@H]3C[C@H](C)N(C)C[C@H](C)O3)[C@@H](C)C(=O)OCCC(CC(C)(C)[C@H](C(=O)O)C(C)CO[C@@H]3O[C@H](C)[C@@H](O)[C@@H](OC)[C@H]3OC)[C@@H](C)C(=O)[C@@](C)(OC(=O)NCc3ccccc3)C[C@@H]2C)[C@@H]1O. The van der Waals surface area contributed by atoms with Gasteiger partial charge in [-0.25, -0.2) is 4.79 Å². The van der Waals surface area contributed by atoms with Gasteiger partial charge in [0.25, 0.3) is 0 Å². The molecule has 0 radical (unpaired) electrons. The minimum absolute atomic E-state index is 0.0514. The van der Waals surface area contributed by atoms with Crippen LogP contribution in [0.2, 0.25) is 0 Å². The van der Waals surface area contributed by atoms with Crippen LogP contribution in [0.1, 0.15) is 121 Å². The molecule has 0 bridgehead atoms. The van der Waals surface area contributed by atoms with Crippen LogP contribution >= 0.6 is 0 Å². The Balaban J connectivity index is 1.57. The number of nitrogens with zero attached hydrogens (tertiary/aromatic N) is 2. The Morgan fingerprint density at radius 1 is 0.886 bits per heavy atom. The average Bonchev–Trinajstić information content (AvgIpc) is 3.54. The summed E-state index contributed by atoms with van der Waals surface area (Å²) in [5.74, 6) is -7.67. The Labute approximate surface area is 468 Å². The van der Waals surface area contributed by atoms with Crippen LogP contribution in [-0.2, 0) is 73.1 Å². The zero-order valence-corrected chi connectivity index (χ0v) is 49.7. The fourth-order valence-electron chi connectivity index (χ4n) is 12.6. The number of likely N-dealkylation sites (N-methyl/N-ethyl adjacent to an activating group) is 1. The third-order valence-electron chi connectivity index (χ3n) is 16.9. The van der Waals surface area contributed by atoms with Crippen LogP contribution < -0.4 is 5.32 Å². The molecule has 450 valence electrons. The van der Waals surface area contributed by atoms with Gasteiger partial charge in [-0.3, -0.25) is 14.4 Å². The second-order valence-corrected chi connectivity index (χ2v) is 23.9. The maximum atomic E-state index is 15.7. The summed E-state index contributed by atoms with van der Waals surface area (Å²) in [4.78, 5) is 65.3. The third kappa shape index (κ3) is 17.1. The molecule has 21 heteroatoms. The monoisotopic (exact) mass is 1120 g/mol. The number of carboxylic acids is 1. The number of rotatable bonds is 18. The molecule has 4 aliphatic rings. The Hall–Kier alpha value is -3.87. The second kappa shape index (κ2) is 29.4. The number of cyclic esters (lactones) is 1. The van der Waals surface area contributed by atoms with Crippen molar-refractivity contribution < 1.29 is 86.7 Å². The van der Waals surface area contributed by atoms with E-state index in [-0.39, 0.29) is 57.6 Å². The van der Waals surface area contributed by atoms with Gasteiger partial charge in [-0.15, -0.1) is 0 Å². The Kier molecular flexibility index (Phi) is 24.5. The molecule has 0 saturated carbocycles. The summed E-state index contributed by atoms with van der Waals surface area (Å²) < 4.78 is 62.7. The van der Waals surface area contributed by atoms with Crippen molar-refractivity contribution in [2.24, 2.45) is 52.0 Å². The highest BCUT2D eigenvalue weighted by atomic mass is 16.7. The standard InChI is InChI=1S/C58H95N3O18/c1-31-26-58(12,79-56(68)59-28-40-20-18-17-19-21-40)51(64)36(6)41(27-57(10,11)44(52(65)66)32(2)30-73-55-50(70-15)49(69-14)45(62)39(9)76-55)22-23-72-53(67)38(8)48(77-43-24-33(3)61(13)29-35(5)74-43)37(7)47(31)78-54-46(63)42(60-71-16)25-34(4)75-54/h17-21,31-39,41,43-50,54-55,62-63H,22-30H2,1-16H3,(H,59,68)(H,65,66)/t31-,32?,33-,34+,35-,36+,37+,38+,39+,41?,43-,44-,45+,46+,47-,48-,49+,50+,54-,55+,58-/m0/s1. The van der Waals surface area contributed by atoms with E-state index in [1.165, 1.54) is 21.3 Å². The molecule has 4 fully saturated rings. The number of benzene rings is 1. The number of nitrogens with one attached hydrogen (secondary N) is 1. The van der Waals surface area contributed by atoms with Gasteiger partial charge in [0.05, 0.1) is 61.3 Å². The summed E-state index contributed by atoms with van der Waals surface area (Å²) in [5, 5.41) is 40.4. The molecule has 4 heterocycles. The lowest BCUT2D eigenvalue weighted by Crippen LogP contribution is -2.59. The normalized spacial score (nSPS) is 38.2. The number of aliphatic hydroxyl groups is 2. The van der Waals surface area contributed by atoms with Crippen LogP contribution in [0.25, 0.3) is 0 Å². The number of aliphatic hydroxyl groups excluding tert-OH is 2. The minimum Gasteiger partial charge on any atom is -0.481 e. The van der Waals surface area contributed by atoms with E-state index in [2.05, 4.69) is 22.3 Å². The summed E-state index contributed by atoms with van der Waals surface area (Å²) in [6.07, 6.45) is -10.2. The molecule has 0 aromatic heterocycles. The number of ketones is 1. The largest absolute Gasteiger partial charge is 0.481 e. The van der Waals surface area contributed by atoms with Gasteiger partial charge in [-0.1, -0.05) is 77.0 Å². The number of methoxy groups -OCH3 is 2. The zero-order valence-electron chi connectivity index (χ0n) is 49.7. The third-order valence-corrected chi connectivity index (χ3v) is 16.9. The molecular formula is C58H95N3O18. The summed E-state index contributed by atoms with van der Waals surface area (Å²) in [7, 11) is 6.30. The van der Waals surface area contributed by atoms with Gasteiger partial charge in [0.1, 0.15) is 31.5 Å². The van der Waals surface area contributed by atoms with Crippen LogP contribution in [0.3, 0.4) is 0 Å². The fourth-order valence-corrected chi connectivity index (χ4v) is 12.6. The number of Topliss-reactive ketones (excluding diaryl/α,β-unsaturated/α-hetero) is 1. The summed E-state index contributed by atoms with van der Waals surface area (Å²) >= 11 is 0. The highest BCUT2D eigenvalue weighted by Crippen LogP contribution is 2.45. The van der Waals surface area contributed by atoms with Crippen molar-refractivity contribution in [2.45, 2.75) is 207 Å². The lowest BCUT2D eigenvalue weighted by atomic mass is 9.64. The Morgan fingerprint density at radius 3 is 2.19 bits per heavy atom. The molecule has 1 amide bonds. The van der Waals surface area contributed by atoms with Crippen molar-refractivity contribution in [3.63, 3.8) is 0 Å². The maximum Gasteiger partial charge on any atom is 0.408 e. The first-order valence-corrected chi connectivity index (χ1v) is 28.2. The first-order valence-electron chi connectivity index (χ1n) is 28.2. The van der Waals surface area contributed by atoms with Crippen LogP contribution in [0.15, 0.2) is 35.5 Å². The van der Waals surface area contributed by atoms with E-state index in [1.54, 1.807) is 34.6 Å². The number of oxime groups is 1. The quantitative estimate of drug-likeness (QED) is 0.0920. The molecule has 1 aromatic rings. The van der Waals surface area contributed by atoms with Crippen LogP contribution in [0.5, 0.6) is 0 Å². The van der Waals surface area contributed by atoms with E-state index in [0.717, 1.165) is 5.56 Å². The van der Waals surface area contributed by atoms with Crippen molar-refractivity contribution in [3.05, 3.63) is 35.9 Å². The van der Waals surface area contributed by atoms with Gasteiger partial charge >= 0.3 is 18.0 Å². The van der Waals surface area contributed by atoms with Gasteiger partial charge < -0.3 is 77.7 Å². The molecular weight excluding hydrogens is 1030 g/mol. The zero-order chi connectivity index (χ0) is 58.7. The van der Waals surface area contributed by atoms with Gasteiger partial charge in [0, 0.05) is 58.0 Å². The number of alkyl carbamates (subject to hydrolysis) is 1. The van der Waals surface area contributed by atoms with Gasteiger partial charge in [0.15, 0.2) is 30.3 Å². The number of carbonyl (C=O) groups excluding carboxylic acids is 3. The lowest BCUT2D eigenvalue weighted by Gasteiger charge is -2.44. The number of hydrogen-bond acceptors (Lipinski definition) is 19. The number of carboxylic acid groups (broad SMARTS) is 1. The second-order valence-electron chi connectivity index (χ2n) is 23.9. The maximum absolute atomic E-state index is 15.7. The number of aliphatic carboxylic acids is 1. The summed E-state index contributed by atoms with van der Waals surface area (Å²) in [5.41, 5.74) is -1.79. The molecule has 1 aromatic carbocycles. The van der Waals surface area contributed by atoms with E-state index >= 15 is 4.79 Å². The molecule has 21 nitrogen and oxygen atoms in total. The fraction of sp³-hybridized carbons (Fsp3) is 0.810. The van der Waals surface area contributed by atoms with E-state index < -0.39 is 144 Å². The first-order chi connectivity index (χ1) is 37.2. The molecule has 79 heavy (non-hydrogen) atoms. The Bertz CT molecular complexity index is 2140. The molecule has 2 unspecified atom stereocenters. The predicted octanol–water partition coefficient (Wildman–Crippen LogP) is 6.37. The predicted molar refractivity (Wildman–Crippen MR) is 290 cm³/mol. The van der Waals surface area contributed by atoms with Crippen molar-refractivity contribution >= 4 is 29.5 Å². The van der Waals surface area contributed by atoms with E-state index in [9.17, 15) is 29.7 Å². The number of esters is 1. The summed E-state index contributed by atoms with van der Waals surface area (Å²) in [6.45, 7) is 22.3. The van der Waals surface area contributed by atoms with E-state index in [4.69, 9.17) is 52.2 Å². The molecule has 4 N–H and O–H groups in total. The van der Waals surface area contributed by atoms with E-state index in [1.807, 2.05) is 78.9 Å². The highest BCUT2D eigenvalue weighted by molar-refractivity contribution is 5.91. The van der Waals surface area contributed by atoms with Crippen molar-refractivity contribution in [1.82, 2.24) is 10.2 Å². The molecule has 5 rings (SSSR count). The highest BCUT2D eigenvalue weighted by Gasteiger charge is 2.51. The van der Waals surface area contributed by atoms with E-state index in [0.29, 0.717) is 18.7 Å². The Morgan fingerprint density at radius 2 is 1.56 bits per heavy atom. The van der Waals surface area contributed by atoms with Crippen molar-refractivity contribution in [2.75, 3.05) is 48.1 Å². The smallest absolute Gasteiger partial charge is 0.408 e. The molecule has 0 aliphatic carbocycles. The molecule has 4 saturated heterocycles. The van der Waals surface area contributed by atoms with Gasteiger partial charge in [-0.2, -0.15) is 0 Å². The molecule has 21 atom stereocenters. The first kappa shape index (κ1) is 65.9. The minimum atomic E-state index is -1.86. The average molecular weight is 1120 g/mol. The number of amides is 1. The van der Waals surface area contributed by atoms with Crippen molar-refractivity contribution in [3.8, 4) is 0 Å².